The average Bonchev–Trinajstić information content (AvgIpc) is 3.04. The van der Waals surface area contributed by atoms with Crippen LogP contribution >= 0.6 is 0 Å². The maximum atomic E-state index is 12.5. The zero-order chi connectivity index (χ0) is 21.0. The molecule has 0 unspecified atom stereocenters. The largest absolute Gasteiger partial charge is 0.496 e. The lowest BCUT2D eigenvalue weighted by molar-refractivity contribution is 0.104. The van der Waals surface area contributed by atoms with E-state index in [0.29, 0.717) is 12.2 Å². The van der Waals surface area contributed by atoms with Crippen molar-refractivity contribution in [2.45, 2.75) is 27.4 Å². The standard InChI is InChI=1S/C24H26N2O3/c1-16-7-6-8-17(2)24(16)29-15-20-13-19(10-12-23(20)28-5)9-11-22(27)21-14-26(4)25-18(21)3/h6-14H,15H2,1-5H3/b11-9+. The van der Waals surface area contributed by atoms with E-state index in [1.54, 1.807) is 37.2 Å². The van der Waals surface area contributed by atoms with Gasteiger partial charge in [0.25, 0.3) is 0 Å². The van der Waals surface area contributed by atoms with Gasteiger partial charge in [-0.25, -0.2) is 0 Å². The molecular formula is C24H26N2O3. The van der Waals surface area contributed by atoms with Crippen LogP contribution in [0.5, 0.6) is 11.5 Å². The zero-order valence-electron chi connectivity index (χ0n) is 17.5. The number of aromatic nitrogens is 2. The van der Waals surface area contributed by atoms with Crippen LogP contribution in [0.4, 0.5) is 0 Å². The molecule has 3 rings (SSSR count). The van der Waals surface area contributed by atoms with Gasteiger partial charge in [0.15, 0.2) is 5.78 Å². The lowest BCUT2D eigenvalue weighted by Crippen LogP contribution is -2.01. The van der Waals surface area contributed by atoms with Gasteiger partial charge < -0.3 is 9.47 Å². The van der Waals surface area contributed by atoms with Crippen LogP contribution in [0, 0.1) is 20.8 Å². The molecule has 29 heavy (non-hydrogen) atoms. The number of rotatable bonds is 7. The van der Waals surface area contributed by atoms with Crippen LogP contribution in [-0.4, -0.2) is 22.7 Å². The smallest absolute Gasteiger partial charge is 0.189 e. The molecule has 0 bridgehead atoms. The number of ketones is 1. The number of ether oxygens (including phenoxy) is 2. The Morgan fingerprint density at radius 2 is 1.86 bits per heavy atom. The van der Waals surface area contributed by atoms with E-state index in [1.165, 1.54) is 0 Å². The van der Waals surface area contributed by atoms with Crippen LogP contribution in [0.2, 0.25) is 0 Å². The predicted octanol–water partition coefficient (Wildman–Crippen LogP) is 4.83. The van der Waals surface area contributed by atoms with Crippen molar-refractivity contribution in [3.63, 3.8) is 0 Å². The van der Waals surface area contributed by atoms with Gasteiger partial charge in [-0.05, 0) is 55.7 Å². The Labute approximate surface area is 171 Å². The molecule has 5 heteroatoms. The fourth-order valence-corrected chi connectivity index (χ4v) is 3.29. The number of aryl methyl sites for hydroxylation is 4. The number of hydrogen-bond donors (Lipinski definition) is 0. The Hall–Kier alpha value is -3.34. The summed E-state index contributed by atoms with van der Waals surface area (Å²) in [6.07, 6.45) is 5.11. The van der Waals surface area contributed by atoms with Crippen molar-refractivity contribution in [1.29, 1.82) is 0 Å². The van der Waals surface area contributed by atoms with Gasteiger partial charge in [0.05, 0.1) is 18.4 Å². The van der Waals surface area contributed by atoms with Crippen LogP contribution in [0.25, 0.3) is 6.08 Å². The number of hydrogen-bond acceptors (Lipinski definition) is 4. The minimum absolute atomic E-state index is 0.0697. The molecule has 0 aliphatic rings. The predicted molar refractivity (Wildman–Crippen MR) is 115 cm³/mol. The first kappa shape index (κ1) is 20.4. The molecule has 2 aromatic carbocycles. The summed E-state index contributed by atoms with van der Waals surface area (Å²) in [4.78, 5) is 12.5. The minimum Gasteiger partial charge on any atom is -0.496 e. The average molecular weight is 390 g/mol. The second-order valence-electron chi connectivity index (χ2n) is 7.08. The quantitative estimate of drug-likeness (QED) is 0.428. The summed E-state index contributed by atoms with van der Waals surface area (Å²) in [5, 5.41) is 4.22. The van der Waals surface area contributed by atoms with Crippen molar-refractivity contribution in [1.82, 2.24) is 9.78 Å². The summed E-state index contributed by atoms with van der Waals surface area (Å²) in [6, 6.07) is 11.9. The van der Waals surface area contributed by atoms with Crippen LogP contribution in [0.15, 0.2) is 48.7 Å². The van der Waals surface area contributed by atoms with Crippen LogP contribution in [-0.2, 0) is 13.7 Å². The number of para-hydroxylation sites is 1. The van der Waals surface area contributed by atoms with Gasteiger partial charge in [-0.3, -0.25) is 9.48 Å². The van der Waals surface area contributed by atoms with Crippen molar-refractivity contribution >= 4 is 11.9 Å². The number of nitrogens with zero attached hydrogens (tertiary/aromatic N) is 2. The summed E-state index contributed by atoms with van der Waals surface area (Å²) in [5.41, 5.74) is 5.34. The van der Waals surface area contributed by atoms with E-state index in [1.807, 2.05) is 57.2 Å². The number of carbonyl (C=O) groups is 1. The summed E-state index contributed by atoms with van der Waals surface area (Å²) < 4.78 is 13.2. The molecule has 0 N–H and O–H groups in total. The Kier molecular flexibility index (Phi) is 6.17. The van der Waals surface area contributed by atoms with E-state index in [-0.39, 0.29) is 5.78 Å². The maximum absolute atomic E-state index is 12.5. The molecule has 0 aliphatic carbocycles. The monoisotopic (exact) mass is 390 g/mol. The van der Waals surface area contributed by atoms with Crippen molar-refractivity contribution < 1.29 is 14.3 Å². The van der Waals surface area contributed by atoms with E-state index in [9.17, 15) is 4.79 Å². The molecule has 0 fully saturated rings. The van der Waals surface area contributed by atoms with Crippen LogP contribution in [0.3, 0.4) is 0 Å². The van der Waals surface area contributed by atoms with Crippen molar-refractivity contribution in [2.75, 3.05) is 7.11 Å². The SMILES string of the molecule is COc1ccc(/C=C/C(=O)c2cn(C)nc2C)cc1COc1c(C)cccc1C. The fraction of sp³-hybridized carbons (Fsp3) is 0.250. The van der Waals surface area contributed by atoms with Gasteiger partial charge in [0, 0.05) is 18.8 Å². The number of methoxy groups -OCH3 is 1. The first-order valence-electron chi connectivity index (χ1n) is 9.47. The van der Waals surface area contributed by atoms with Gasteiger partial charge in [0.1, 0.15) is 18.1 Å². The lowest BCUT2D eigenvalue weighted by Gasteiger charge is -2.14. The first-order chi connectivity index (χ1) is 13.9. The third kappa shape index (κ3) is 4.74. The zero-order valence-corrected chi connectivity index (χ0v) is 17.5. The Morgan fingerprint density at radius 1 is 1.14 bits per heavy atom. The first-order valence-corrected chi connectivity index (χ1v) is 9.47. The summed E-state index contributed by atoms with van der Waals surface area (Å²) in [6.45, 7) is 6.28. The summed E-state index contributed by atoms with van der Waals surface area (Å²) in [5.74, 6) is 1.57. The topological polar surface area (TPSA) is 53.4 Å². The highest BCUT2D eigenvalue weighted by Gasteiger charge is 2.11. The summed E-state index contributed by atoms with van der Waals surface area (Å²) >= 11 is 0. The van der Waals surface area contributed by atoms with E-state index >= 15 is 0 Å². The molecule has 0 radical (unpaired) electrons. The molecule has 1 aromatic heterocycles. The van der Waals surface area contributed by atoms with Gasteiger partial charge in [-0.2, -0.15) is 5.10 Å². The molecule has 1 heterocycles. The van der Waals surface area contributed by atoms with Gasteiger partial charge in [-0.1, -0.05) is 30.3 Å². The van der Waals surface area contributed by atoms with E-state index < -0.39 is 0 Å². The molecule has 0 spiro atoms. The highest BCUT2D eigenvalue weighted by Crippen LogP contribution is 2.27. The molecule has 0 saturated heterocycles. The molecular weight excluding hydrogens is 364 g/mol. The minimum atomic E-state index is -0.0697. The second-order valence-corrected chi connectivity index (χ2v) is 7.08. The molecule has 0 saturated carbocycles. The Balaban J connectivity index is 1.79. The number of benzene rings is 2. The van der Waals surface area contributed by atoms with E-state index in [4.69, 9.17) is 9.47 Å². The Morgan fingerprint density at radius 3 is 2.48 bits per heavy atom. The van der Waals surface area contributed by atoms with E-state index in [2.05, 4.69) is 5.10 Å². The van der Waals surface area contributed by atoms with Gasteiger partial charge in [-0.15, -0.1) is 0 Å². The highest BCUT2D eigenvalue weighted by molar-refractivity contribution is 6.07. The lowest BCUT2D eigenvalue weighted by atomic mass is 10.1. The van der Waals surface area contributed by atoms with Crippen molar-refractivity contribution in [3.8, 4) is 11.5 Å². The van der Waals surface area contributed by atoms with Crippen LogP contribution < -0.4 is 9.47 Å². The second kappa shape index (κ2) is 8.78. The Bertz CT molecular complexity index is 1040. The van der Waals surface area contributed by atoms with Crippen LogP contribution in [0.1, 0.15) is 38.3 Å². The fourth-order valence-electron chi connectivity index (χ4n) is 3.29. The maximum Gasteiger partial charge on any atom is 0.189 e. The molecule has 0 amide bonds. The molecule has 0 atom stereocenters. The van der Waals surface area contributed by atoms with Crippen molar-refractivity contribution in [2.24, 2.45) is 7.05 Å². The summed E-state index contributed by atoms with van der Waals surface area (Å²) in [7, 11) is 3.45. The highest BCUT2D eigenvalue weighted by atomic mass is 16.5. The third-order valence-electron chi connectivity index (χ3n) is 4.79. The van der Waals surface area contributed by atoms with E-state index in [0.717, 1.165) is 39.4 Å². The molecule has 5 nitrogen and oxygen atoms in total. The number of carbonyl (C=O) groups excluding carboxylic acids is 1. The van der Waals surface area contributed by atoms with Gasteiger partial charge in [0.2, 0.25) is 0 Å². The van der Waals surface area contributed by atoms with Gasteiger partial charge >= 0.3 is 0 Å². The van der Waals surface area contributed by atoms with Crippen molar-refractivity contribution in [3.05, 3.63) is 82.2 Å². The third-order valence-corrected chi connectivity index (χ3v) is 4.79. The number of allylic oxidation sites excluding steroid dienone is 1. The molecule has 3 aromatic rings. The molecule has 150 valence electrons. The normalized spacial score (nSPS) is 11.1. The molecule has 0 aliphatic heterocycles.